The Morgan fingerprint density at radius 1 is 0.356 bits per heavy atom. The van der Waals surface area contributed by atoms with Crippen LogP contribution in [-0.4, -0.2) is 70.0 Å². The van der Waals surface area contributed by atoms with Crippen molar-refractivity contribution >= 4 is 19.8 Å². The molecule has 0 radical (unpaired) electrons. The minimum Gasteiger partial charge on any atom is -0.756 e. The van der Waals surface area contributed by atoms with E-state index in [2.05, 4.69) is 38.2 Å². The first kappa shape index (κ1) is 85.5. The Kier molecular flexibility index (Phi) is 67.7. The number of ether oxygens (including phenoxy) is 2. The number of carbonyl (C=O) groups excluding carboxylic acids is 2. The summed E-state index contributed by atoms with van der Waals surface area (Å²) in [5.41, 5.74) is 0. The summed E-state index contributed by atoms with van der Waals surface area (Å²) in [6.45, 7) is 4.32. The molecule has 2 atom stereocenters. The molecule has 0 fully saturated rings. The molecule has 0 aromatic carbocycles. The number of rotatable bonds is 73. The molecule has 9 nitrogen and oxygen atoms in total. The molecular weight excluding hydrogens is 1100 g/mol. The number of nitrogens with zero attached hydrogens (tertiary/aromatic N) is 1. The number of quaternary nitrogens is 1. The van der Waals surface area contributed by atoms with Crippen LogP contribution in [0.25, 0.3) is 0 Å². The number of unbranched alkanes of at least 4 members (excludes halogenated alkanes) is 55. The van der Waals surface area contributed by atoms with Crippen LogP contribution in [0.4, 0.5) is 0 Å². The minimum atomic E-state index is -4.64. The van der Waals surface area contributed by atoms with Gasteiger partial charge in [-0.2, -0.15) is 0 Å². The second-order valence-corrected chi connectivity index (χ2v) is 29.1. The van der Waals surface area contributed by atoms with Gasteiger partial charge in [0.15, 0.2) is 6.10 Å². The highest BCUT2D eigenvalue weighted by Crippen LogP contribution is 2.38. The summed E-state index contributed by atoms with van der Waals surface area (Å²) < 4.78 is 34.4. The Morgan fingerprint density at radius 2 is 0.621 bits per heavy atom. The molecule has 0 bridgehead atoms. The lowest BCUT2D eigenvalue weighted by molar-refractivity contribution is -0.870. The maximum atomic E-state index is 12.9. The molecule has 0 aromatic heterocycles. The van der Waals surface area contributed by atoms with Crippen LogP contribution < -0.4 is 4.89 Å². The first-order valence-corrected chi connectivity index (χ1v) is 40.0. The van der Waals surface area contributed by atoms with Crippen molar-refractivity contribution in [3.05, 3.63) is 24.3 Å². The third-order valence-electron chi connectivity index (χ3n) is 17.7. The number of carbonyl (C=O) groups is 2. The number of hydrogen-bond acceptors (Lipinski definition) is 8. The molecular formula is C77H150NO8P. The second kappa shape index (κ2) is 68.8. The fourth-order valence-corrected chi connectivity index (χ4v) is 12.5. The zero-order chi connectivity index (χ0) is 63.4. The van der Waals surface area contributed by atoms with Crippen molar-refractivity contribution in [2.75, 3.05) is 47.5 Å². The molecule has 0 aliphatic heterocycles. The Morgan fingerprint density at radius 3 is 0.908 bits per heavy atom. The fourth-order valence-electron chi connectivity index (χ4n) is 11.8. The molecule has 0 heterocycles. The average Bonchev–Trinajstić information content (AvgIpc) is 3.62. The van der Waals surface area contributed by atoms with E-state index in [4.69, 9.17) is 18.5 Å². The van der Waals surface area contributed by atoms with Gasteiger partial charge in [0.1, 0.15) is 19.8 Å². The lowest BCUT2D eigenvalue weighted by Gasteiger charge is -2.28. The van der Waals surface area contributed by atoms with Crippen molar-refractivity contribution in [3.63, 3.8) is 0 Å². The molecule has 0 spiro atoms. The number of hydrogen-bond donors (Lipinski definition) is 0. The van der Waals surface area contributed by atoms with E-state index in [1.54, 1.807) is 0 Å². The molecule has 516 valence electrons. The topological polar surface area (TPSA) is 111 Å². The van der Waals surface area contributed by atoms with Crippen molar-refractivity contribution in [3.8, 4) is 0 Å². The Bertz CT molecular complexity index is 1510. The molecule has 87 heavy (non-hydrogen) atoms. The summed E-state index contributed by atoms with van der Waals surface area (Å²) in [7, 11) is 1.19. The van der Waals surface area contributed by atoms with Crippen molar-refractivity contribution in [2.45, 2.75) is 412 Å². The smallest absolute Gasteiger partial charge is 0.306 e. The molecule has 0 N–H and O–H groups in total. The van der Waals surface area contributed by atoms with Gasteiger partial charge in [-0.05, 0) is 44.9 Å². The molecule has 0 aliphatic rings. The zero-order valence-corrected chi connectivity index (χ0v) is 59.9. The molecule has 2 unspecified atom stereocenters. The second-order valence-electron chi connectivity index (χ2n) is 27.7. The van der Waals surface area contributed by atoms with Crippen molar-refractivity contribution in [1.29, 1.82) is 0 Å². The molecule has 0 saturated carbocycles. The fraction of sp³-hybridized carbons (Fsp3) is 0.922. The summed E-state index contributed by atoms with van der Waals surface area (Å²) in [6, 6.07) is 0. The maximum absolute atomic E-state index is 12.9. The number of esters is 2. The summed E-state index contributed by atoms with van der Waals surface area (Å²) in [5.74, 6) is -0.806. The van der Waals surface area contributed by atoms with Gasteiger partial charge in [0, 0.05) is 12.8 Å². The van der Waals surface area contributed by atoms with Crippen molar-refractivity contribution in [2.24, 2.45) is 0 Å². The third-order valence-corrected chi connectivity index (χ3v) is 18.7. The zero-order valence-electron chi connectivity index (χ0n) is 59.0. The van der Waals surface area contributed by atoms with Gasteiger partial charge in [-0.1, -0.05) is 372 Å². The molecule has 0 aromatic rings. The third kappa shape index (κ3) is 73.4. The van der Waals surface area contributed by atoms with Gasteiger partial charge in [-0.15, -0.1) is 0 Å². The highest BCUT2D eigenvalue weighted by molar-refractivity contribution is 7.45. The molecule has 0 saturated heterocycles. The van der Waals surface area contributed by atoms with E-state index >= 15 is 0 Å². The summed E-state index contributed by atoms with van der Waals surface area (Å²) in [5, 5.41) is 0. The normalized spacial score (nSPS) is 13.1. The van der Waals surface area contributed by atoms with Crippen LogP contribution in [0.3, 0.4) is 0 Å². The predicted molar refractivity (Wildman–Crippen MR) is 375 cm³/mol. The van der Waals surface area contributed by atoms with E-state index in [1.165, 1.54) is 334 Å². The van der Waals surface area contributed by atoms with Crippen LogP contribution in [-0.2, 0) is 32.7 Å². The maximum Gasteiger partial charge on any atom is 0.306 e. The van der Waals surface area contributed by atoms with Gasteiger partial charge in [-0.3, -0.25) is 14.2 Å². The van der Waals surface area contributed by atoms with Gasteiger partial charge in [-0.25, -0.2) is 0 Å². The SMILES string of the molecule is CCCCCCC/C=C\C/C=C\CCCCCCCCCCCCCCCCCCCCCC(=O)OC(COC(=O)CCCCCCCCCCCCCCCCCCCCCCCCCCCCCCCCCC)COP(=O)([O-])OCC[N+](C)(C)C. The molecule has 0 amide bonds. The first-order chi connectivity index (χ1) is 42.5. The highest BCUT2D eigenvalue weighted by Gasteiger charge is 2.22. The highest BCUT2D eigenvalue weighted by atomic mass is 31.2. The number of allylic oxidation sites excluding steroid dienone is 4. The lowest BCUT2D eigenvalue weighted by Crippen LogP contribution is -2.37. The van der Waals surface area contributed by atoms with E-state index in [0.29, 0.717) is 17.4 Å². The van der Waals surface area contributed by atoms with E-state index < -0.39 is 26.5 Å². The van der Waals surface area contributed by atoms with E-state index in [1.807, 2.05) is 21.1 Å². The number of phosphoric acid groups is 1. The van der Waals surface area contributed by atoms with Crippen molar-refractivity contribution < 1.29 is 42.1 Å². The van der Waals surface area contributed by atoms with Crippen molar-refractivity contribution in [1.82, 2.24) is 0 Å². The molecule has 0 rings (SSSR count). The Hall–Kier alpha value is -1.51. The van der Waals surface area contributed by atoms with E-state index in [-0.39, 0.29) is 32.0 Å². The first-order valence-electron chi connectivity index (χ1n) is 38.5. The average molecular weight is 1250 g/mol. The van der Waals surface area contributed by atoms with E-state index in [9.17, 15) is 19.0 Å². The largest absolute Gasteiger partial charge is 0.756 e. The molecule has 0 aliphatic carbocycles. The van der Waals surface area contributed by atoms with Gasteiger partial charge < -0.3 is 27.9 Å². The Balaban J connectivity index is 3.93. The number of likely N-dealkylation sites (N-methyl/N-ethyl adjacent to an activating group) is 1. The van der Waals surface area contributed by atoms with Crippen LogP contribution in [0.5, 0.6) is 0 Å². The van der Waals surface area contributed by atoms with Gasteiger partial charge in [0.25, 0.3) is 7.82 Å². The quantitative estimate of drug-likeness (QED) is 0.0195. The summed E-state index contributed by atoms with van der Waals surface area (Å²) in [6.07, 6.45) is 87.2. The van der Waals surface area contributed by atoms with Crippen LogP contribution in [0.1, 0.15) is 406 Å². The van der Waals surface area contributed by atoms with Gasteiger partial charge in [0.2, 0.25) is 0 Å². The monoisotopic (exact) mass is 1250 g/mol. The van der Waals surface area contributed by atoms with Gasteiger partial charge in [0.05, 0.1) is 27.7 Å². The Labute approximate surface area is 542 Å². The summed E-state index contributed by atoms with van der Waals surface area (Å²) in [4.78, 5) is 38.1. The van der Waals surface area contributed by atoms with E-state index in [0.717, 1.165) is 38.5 Å². The van der Waals surface area contributed by atoms with Gasteiger partial charge >= 0.3 is 11.9 Å². The summed E-state index contributed by atoms with van der Waals surface area (Å²) >= 11 is 0. The lowest BCUT2D eigenvalue weighted by atomic mass is 10.0. The van der Waals surface area contributed by atoms with Crippen LogP contribution in [0.2, 0.25) is 0 Å². The minimum absolute atomic E-state index is 0.0266. The number of phosphoric ester groups is 1. The van der Waals surface area contributed by atoms with Crippen LogP contribution in [0, 0.1) is 0 Å². The van der Waals surface area contributed by atoms with Crippen LogP contribution >= 0.6 is 7.82 Å². The standard InChI is InChI=1S/C77H150NO8P/c1-6-8-10-12-14-16-18-20-22-24-26-28-30-32-34-36-38-40-41-43-45-47-49-51-53-55-57-59-61-63-65-67-69-76(79)83-73-75(74-85-87(81,82)84-72-71-78(3,4)5)86-77(80)70-68-66-64-62-60-58-56-54-52-50-48-46-44-42-39-37-35-33-31-29-27-25-23-21-19-17-15-13-11-9-7-2/h19,21,25,27,75H,6-18,20,22-24,26,28-74H2,1-5H3/b21-19-,27-25-. The molecule has 10 heteroatoms. The predicted octanol–water partition coefficient (Wildman–Crippen LogP) is 24.6. The van der Waals surface area contributed by atoms with Crippen LogP contribution in [0.15, 0.2) is 24.3 Å².